The average molecular weight is 493 g/mol. The zero-order valence-electron chi connectivity index (χ0n) is 18.4. The number of nitrogens with zero attached hydrogens (tertiary/aromatic N) is 4. The summed E-state index contributed by atoms with van der Waals surface area (Å²) < 4.78 is 49.9. The minimum atomic E-state index is -2.89. The predicted molar refractivity (Wildman–Crippen MR) is 121 cm³/mol. The minimum absolute atomic E-state index is 0.00144. The third-order valence-electron chi connectivity index (χ3n) is 4.62. The molecular weight excluding hydrogens is 469 g/mol. The van der Waals surface area contributed by atoms with Gasteiger partial charge >= 0.3 is 6.61 Å². The zero-order valence-corrected chi connectivity index (χ0v) is 19.2. The SMILES string of the molecule is C=CCn1c(COc2ccccc2F)nnc1SCC(=O)N(C)Cc1ccc(OC(F)F)cc1. The van der Waals surface area contributed by atoms with Gasteiger partial charge in [-0.3, -0.25) is 9.36 Å². The van der Waals surface area contributed by atoms with Gasteiger partial charge in [0.05, 0.1) is 5.75 Å². The van der Waals surface area contributed by atoms with Gasteiger partial charge in [-0.15, -0.1) is 16.8 Å². The molecule has 0 saturated heterocycles. The van der Waals surface area contributed by atoms with Crippen LogP contribution in [0.2, 0.25) is 0 Å². The van der Waals surface area contributed by atoms with E-state index in [0.29, 0.717) is 24.1 Å². The second kappa shape index (κ2) is 12.1. The summed E-state index contributed by atoms with van der Waals surface area (Å²) >= 11 is 1.21. The van der Waals surface area contributed by atoms with Crippen molar-refractivity contribution in [3.8, 4) is 11.5 Å². The Hall–Kier alpha value is -3.47. The molecule has 1 aromatic heterocycles. The number of allylic oxidation sites excluding steroid dienone is 1. The van der Waals surface area contributed by atoms with Crippen LogP contribution in [0.25, 0.3) is 0 Å². The molecule has 3 aromatic rings. The molecule has 7 nitrogen and oxygen atoms in total. The fourth-order valence-corrected chi connectivity index (χ4v) is 3.83. The van der Waals surface area contributed by atoms with Crippen LogP contribution >= 0.6 is 11.8 Å². The average Bonchev–Trinajstić information content (AvgIpc) is 3.19. The van der Waals surface area contributed by atoms with E-state index in [1.54, 1.807) is 42.0 Å². The lowest BCUT2D eigenvalue weighted by Crippen LogP contribution is -2.28. The smallest absolute Gasteiger partial charge is 0.387 e. The molecule has 0 atom stereocenters. The zero-order chi connectivity index (χ0) is 24.5. The lowest BCUT2D eigenvalue weighted by molar-refractivity contribution is -0.127. The number of carbonyl (C=O) groups excluding carboxylic acids is 1. The summed E-state index contributed by atoms with van der Waals surface area (Å²) in [6.45, 7) is 1.54. The molecule has 0 unspecified atom stereocenters. The van der Waals surface area contributed by atoms with E-state index in [0.717, 1.165) is 5.56 Å². The van der Waals surface area contributed by atoms with E-state index in [1.807, 2.05) is 0 Å². The summed E-state index contributed by atoms with van der Waals surface area (Å²) in [7, 11) is 1.65. The van der Waals surface area contributed by atoms with Crippen molar-refractivity contribution in [2.24, 2.45) is 0 Å². The van der Waals surface area contributed by atoms with Gasteiger partial charge in [-0.1, -0.05) is 42.1 Å². The number of hydrogen-bond donors (Lipinski definition) is 0. The summed E-state index contributed by atoms with van der Waals surface area (Å²) in [6.07, 6.45) is 1.66. The normalized spacial score (nSPS) is 10.9. The standard InChI is InChI=1S/C23H23F3N4O3S/c1-3-12-30-20(14-32-19-7-5-4-6-18(19)24)27-28-23(30)34-15-21(31)29(2)13-16-8-10-17(11-9-16)33-22(25)26/h3-11,22H,1,12-15H2,2H3. The molecule has 0 saturated carbocycles. The maximum atomic E-state index is 13.8. The monoisotopic (exact) mass is 492 g/mol. The van der Waals surface area contributed by atoms with Gasteiger partial charge < -0.3 is 14.4 Å². The third kappa shape index (κ3) is 7.01. The van der Waals surface area contributed by atoms with Crippen molar-refractivity contribution in [3.05, 3.63) is 78.4 Å². The molecule has 0 bridgehead atoms. The summed E-state index contributed by atoms with van der Waals surface area (Å²) in [5, 5.41) is 8.73. The Bertz CT molecular complexity index is 1110. The first-order valence-corrected chi connectivity index (χ1v) is 11.2. The van der Waals surface area contributed by atoms with Crippen LogP contribution in [-0.4, -0.2) is 45.0 Å². The second-order valence-corrected chi connectivity index (χ2v) is 8.02. The topological polar surface area (TPSA) is 69.5 Å². The first-order valence-electron chi connectivity index (χ1n) is 10.2. The molecule has 0 aliphatic carbocycles. The molecule has 0 aliphatic heterocycles. The summed E-state index contributed by atoms with van der Waals surface area (Å²) in [5.74, 6) is 0.103. The maximum Gasteiger partial charge on any atom is 0.387 e. The van der Waals surface area contributed by atoms with Crippen LogP contribution in [-0.2, 0) is 24.5 Å². The highest BCUT2D eigenvalue weighted by atomic mass is 32.2. The Balaban J connectivity index is 1.56. The van der Waals surface area contributed by atoms with Crippen molar-refractivity contribution in [3.63, 3.8) is 0 Å². The number of halogens is 3. The number of thioether (sulfide) groups is 1. The van der Waals surface area contributed by atoms with E-state index in [9.17, 15) is 18.0 Å². The molecule has 1 amide bonds. The van der Waals surface area contributed by atoms with E-state index in [1.165, 1.54) is 40.9 Å². The van der Waals surface area contributed by atoms with Crippen LogP contribution in [0.4, 0.5) is 13.2 Å². The van der Waals surface area contributed by atoms with Gasteiger partial charge in [0, 0.05) is 20.1 Å². The van der Waals surface area contributed by atoms with E-state index in [-0.39, 0.29) is 29.8 Å². The van der Waals surface area contributed by atoms with Crippen LogP contribution in [0.3, 0.4) is 0 Å². The fourth-order valence-electron chi connectivity index (χ4n) is 2.92. The summed E-state index contributed by atoms with van der Waals surface area (Å²) in [4.78, 5) is 14.1. The highest BCUT2D eigenvalue weighted by Crippen LogP contribution is 2.21. The van der Waals surface area contributed by atoms with Crippen molar-refractivity contribution in [1.82, 2.24) is 19.7 Å². The van der Waals surface area contributed by atoms with Crippen molar-refractivity contribution < 1.29 is 27.4 Å². The number of alkyl halides is 2. The molecule has 0 aliphatic rings. The van der Waals surface area contributed by atoms with Crippen molar-refractivity contribution >= 4 is 17.7 Å². The molecule has 1 heterocycles. The Morgan fingerprint density at radius 1 is 1.21 bits per heavy atom. The van der Waals surface area contributed by atoms with Crippen LogP contribution in [0.5, 0.6) is 11.5 Å². The van der Waals surface area contributed by atoms with Gasteiger partial charge in [-0.25, -0.2) is 4.39 Å². The van der Waals surface area contributed by atoms with Crippen LogP contribution in [0, 0.1) is 5.82 Å². The molecule has 3 rings (SSSR count). The van der Waals surface area contributed by atoms with Crippen LogP contribution in [0.1, 0.15) is 11.4 Å². The molecule has 0 N–H and O–H groups in total. The van der Waals surface area contributed by atoms with Crippen molar-refractivity contribution in [2.45, 2.75) is 31.5 Å². The third-order valence-corrected chi connectivity index (χ3v) is 5.57. The molecule has 11 heteroatoms. The molecule has 0 radical (unpaired) electrons. The minimum Gasteiger partial charge on any atom is -0.483 e. The molecule has 0 fully saturated rings. The van der Waals surface area contributed by atoms with Gasteiger partial charge in [0.25, 0.3) is 0 Å². The Morgan fingerprint density at radius 3 is 2.62 bits per heavy atom. The second-order valence-electron chi connectivity index (χ2n) is 7.08. The van der Waals surface area contributed by atoms with E-state index in [2.05, 4.69) is 21.5 Å². The van der Waals surface area contributed by atoms with Crippen LogP contribution in [0.15, 0.2) is 66.3 Å². The molecule has 34 heavy (non-hydrogen) atoms. The molecule has 0 spiro atoms. The van der Waals surface area contributed by atoms with Gasteiger partial charge in [0.15, 0.2) is 22.5 Å². The number of para-hydroxylation sites is 1. The molecule has 180 valence electrons. The lowest BCUT2D eigenvalue weighted by Gasteiger charge is -2.17. The van der Waals surface area contributed by atoms with Gasteiger partial charge in [-0.05, 0) is 29.8 Å². The Morgan fingerprint density at radius 2 is 1.94 bits per heavy atom. The first-order chi connectivity index (χ1) is 16.4. The summed E-state index contributed by atoms with van der Waals surface area (Å²) in [6, 6.07) is 12.2. The molecule has 2 aromatic carbocycles. The number of rotatable bonds is 12. The van der Waals surface area contributed by atoms with Crippen LogP contribution < -0.4 is 9.47 Å². The lowest BCUT2D eigenvalue weighted by atomic mass is 10.2. The fraction of sp³-hybridized carbons (Fsp3) is 0.261. The Kier molecular flexibility index (Phi) is 8.97. The van der Waals surface area contributed by atoms with E-state index < -0.39 is 12.4 Å². The van der Waals surface area contributed by atoms with Gasteiger partial charge in [0.1, 0.15) is 12.4 Å². The highest BCUT2D eigenvalue weighted by molar-refractivity contribution is 7.99. The molecular formula is C23H23F3N4O3S. The quantitative estimate of drug-likeness (QED) is 0.273. The first kappa shape index (κ1) is 25.2. The van der Waals surface area contributed by atoms with Gasteiger partial charge in [0.2, 0.25) is 5.91 Å². The van der Waals surface area contributed by atoms with E-state index >= 15 is 0 Å². The van der Waals surface area contributed by atoms with E-state index in [4.69, 9.17) is 4.74 Å². The number of benzene rings is 2. The number of aromatic nitrogens is 3. The largest absolute Gasteiger partial charge is 0.483 e. The van der Waals surface area contributed by atoms with Gasteiger partial charge in [-0.2, -0.15) is 8.78 Å². The number of hydrogen-bond acceptors (Lipinski definition) is 6. The van der Waals surface area contributed by atoms with Crippen molar-refractivity contribution in [2.75, 3.05) is 12.8 Å². The predicted octanol–water partition coefficient (Wildman–Crippen LogP) is 4.53. The van der Waals surface area contributed by atoms with Crippen molar-refractivity contribution in [1.29, 1.82) is 0 Å². The number of carbonyl (C=O) groups is 1. The number of amides is 1. The Labute approximate surface area is 199 Å². The highest BCUT2D eigenvalue weighted by Gasteiger charge is 2.17. The summed E-state index contributed by atoms with van der Waals surface area (Å²) in [5.41, 5.74) is 0.768. The maximum absolute atomic E-state index is 13.8. The number of ether oxygens (including phenoxy) is 2.